The molecule has 2 nitrogen and oxygen atoms in total. The zero-order valence-corrected chi connectivity index (χ0v) is 11.4. The predicted octanol–water partition coefficient (Wildman–Crippen LogP) is 4.28. The molecule has 0 heterocycles. The van der Waals surface area contributed by atoms with Crippen molar-refractivity contribution < 1.29 is 9.47 Å². The summed E-state index contributed by atoms with van der Waals surface area (Å²) in [4.78, 5) is 0. The Morgan fingerprint density at radius 2 is 1.06 bits per heavy atom. The Kier molecular flexibility index (Phi) is 5.77. The van der Waals surface area contributed by atoms with E-state index >= 15 is 0 Å². The first-order valence-electron chi connectivity index (χ1n) is 6.90. The lowest BCUT2D eigenvalue weighted by atomic mass is 9.95. The van der Waals surface area contributed by atoms with Gasteiger partial charge in [0, 0.05) is 12.8 Å². The average molecular weight is 228 g/mol. The summed E-state index contributed by atoms with van der Waals surface area (Å²) in [5.41, 5.74) is 0. The van der Waals surface area contributed by atoms with E-state index in [4.69, 9.17) is 9.47 Å². The molecule has 1 rings (SSSR count). The van der Waals surface area contributed by atoms with Crippen LogP contribution < -0.4 is 0 Å². The normalized spacial score (nSPS) is 22.1. The molecule has 0 unspecified atom stereocenters. The fourth-order valence-electron chi connectivity index (χ4n) is 2.57. The Hall–Kier alpha value is -0.0800. The van der Waals surface area contributed by atoms with E-state index in [1.807, 2.05) is 0 Å². The molecule has 0 saturated heterocycles. The van der Waals surface area contributed by atoms with E-state index in [1.165, 1.54) is 32.1 Å². The lowest BCUT2D eigenvalue weighted by molar-refractivity contribution is -0.277. The van der Waals surface area contributed by atoms with Crippen LogP contribution in [0.5, 0.6) is 0 Å². The van der Waals surface area contributed by atoms with Crippen molar-refractivity contribution in [1.29, 1.82) is 0 Å². The summed E-state index contributed by atoms with van der Waals surface area (Å²) in [6.07, 6.45) is 9.11. The third-order valence-electron chi connectivity index (χ3n) is 3.02. The Balaban J connectivity index is 2.64. The third kappa shape index (κ3) is 4.84. The predicted molar refractivity (Wildman–Crippen MR) is 67.5 cm³/mol. The smallest absolute Gasteiger partial charge is 0.168 e. The first kappa shape index (κ1) is 14.0. The van der Waals surface area contributed by atoms with Crippen LogP contribution in [0.15, 0.2) is 0 Å². The molecule has 0 aliphatic heterocycles. The first-order chi connectivity index (χ1) is 7.54. The minimum Gasteiger partial charge on any atom is -0.347 e. The van der Waals surface area contributed by atoms with Gasteiger partial charge < -0.3 is 9.47 Å². The minimum atomic E-state index is -0.303. The molecule has 0 aromatic rings. The topological polar surface area (TPSA) is 18.5 Å². The minimum absolute atomic E-state index is 0.248. The van der Waals surface area contributed by atoms with Gasteiger partial charge in [0.25, 0.3) is 0 Å². The summed E-state index contributed by atoms with van der Waals surface area (Å²) in [5.74, 6) is -0.303. The average Bonchev–Trinajstić information content (AvgIpc) is 2.09. The Morgan fingerprint density at radius 3 is 1.44 bits per heavy atom. The van der Waals surface area contributed by atoms with Crippen LogP contribution in [0.1, 0.15) is 72.6 Å². The zero-order valence-electron chi connectivity index (χ0n) is 11.4. The van der Waals surface area contributed by atoms with Gasteiger partial charge in [-0.25, -0.2) is 0 Å². The van der Waals surface area contributed by atoms with Crippen molar-refractivity contribution >= 4 is 0 Å². The van der Waals surface area contributed by atoms with E-state index in [0.717, 1.165) is 12.8 Å². The molecule has 16 heavy (non-hydrogen) atoms. The van der Waals surface area contributed by atoms with Crippen molar-refractivity contribution in [3.63, 3.8) is 0 Å². The molecule has 0 bridgehead atoms. The van der Waals surface area contributed by atoms with Gasteiger partial charge >= 0.3 is 0 Å². The van der Waals surface area contributed by atoms with Crippen molar-refractivity contribution in [3.05, 3.63) is 0 Å². The molecule has 0 aromatic carbocycles. The lowest BCUT2D eigenvalue weighted by Gasteiger charge is -2.38. The quantitative estimate of drug-likeness (QED) is 0.669. The second kappa shape index (κ2) is 6.61. The van der Waals surface area contributed by atoms with Gasteiger partial charge in [-0.15, -0.1) is 0 Å². The van der Waals surface area contributed by atoms with Gasteiger partial charge in [0.2, 0.25) is 0 Å². The van der Waals surface area contributed by atoms with Crippen molar-refractivity contribution in [2.45, 2.75) is 90.6 Å². The molecule has 0 atom stereocenters. The van der Waals surface area contributed by atoms with E-state index in [-0.39, 0.29) is 18.0 Å². The molecule has 0 amide bonds. The Labute approximate surface area is 101 Å². The maximum atomic E-state index is 6.10. The van der Waals surface area contributed by atoms with Crippen molar-refractivity contribution in [3.8, 4) is 0 Å². The van der Waals surface area contributed by atoms with Crippen LogP contribution in [0.2, 0.25) is 0 Å². The lowest BCUT2D eigenvalue weighted by Crippen LogP contribution is -2.41. The van der Waals surface area contributed by atoms with E-state index < -0.39 is 0 Å². The molecule has 0 N–H and O–H groups in total. The fourth-order valence-corrected chi connectivity index (χ4v) is 2.57. The van der Waals surface area contributed by atoms with Crippen molar-refractivity contribution in [1.82, 2.24) is 0 Å². The van der Waals surface area contributed by atoms with Crippen LogP contribution in [0, 0.1) is 0 Å². The summed E-state index contributed by atoms with van der Waals surface area (Å²) >= 11 is 0. The largest absolute Gasteiger partial charge is 0.347 e. The molecule has 0 aromatic heterocycles. The molecule has 1 fully saturated rings. The standard InChI is InChI=1S/C14H28O2/c1-12(2)15-14(16-13(3)4)10-8-6-5-7-9-11-14/h12-13H,5-11H2,1-4H3. The molecular weight excluding hydrogens is 200 g/mol. The highest BCUT2D eigenvalue weighted by Gasteiger charge is 2.34. The summed E-state index contributed by atoms with van der Waals surface area (Å²) in [6.45, 7) is 8.41. The molecule has 0 spiro atoms. The molecule has 1 aliphatic carbocycles. The van der Waals surface area contributed by atoms with Gasteiger partial charge in [-0.05, 0) is 40.5 Å². The molecular formula is C14H28O2. The van der Waals surface area contributed by atoms with Crippen LogP contribution in [-0.2, 0) is 9.47 Å². The fraction of sp³-hybridized carbons (Fsp3) is 1.00. The highest BCUT2D eigenvalue weighted by atomic mass is 16.7. The van der Waals surface area contributed by atoms with E-state index in [9.17, 15) is 0 Å². The Bertz CT molecular complexity index is 167. The molecule has 1 aliphatic rings. The van der Waals surface area contributed by atoms with Gasteiger partial charge in [0.05, 0.1) is 12.2 Å². The van der Waals surface area contributed by atoms with Gasteiger partial charge in [0.1, 0.15) is 0 Å². The molecule has 0 radical (unpaired) electrons. The summed E-state index contributed by atoms with van der Waals surface area (Å²) in [7, 11) is 0. The van der Waals surface area contributed by atoms with Crippen LogP contribution in [0.3, 0.4) is 0 Å². The number of hydrogen-bond donors (Lipinski definition) is 0. The summed E-state index contributed by atoms with van der Waals surface area (Å²) in [6, 6.07) is 0. The number of ether oxygens (including phenoxy) is 2. The monoisotopic (exact) mass is 228 g/mol. The third-order valence-corrected chi connectivity index (χ3v) is 3.02. The molecule has 2 heteroatoms. The second-order valence-electron chi connectivity index (χ2n) is 5.51. The van der Waals surface area contributed by atoms with Crippen LogP contribution in [0.25, 0.3) is 0 Å². The van der Waals surface area contributed by atoms with E-state index in [1.54, 1.807) is 0 Å². The van der Waals surface area contributed by atoms with Gasteiger partial charge in [0.15, 0.2) is 5.79 Å². The molecule has 1 saturated carbocycles. The maximum Gasteiger partial charge on any atom is 0.168 e. The van der Waals surface area contributed by atoms with Gasteiger partial charge in [-0.2, -0.15) is 0 Å². The number of rotatable bonds is 4. The second-order valence-corrected chi connectivity index (χ2v) is 5.51. The zero-order chi connectivity index (χ0) is 12.0. The molecule has 96 valence electrons. The van der Waals surface area contributed by atoms with Gasteiger partial charge in [-0.1, -0.05) is 19.3 Å². The first-order valence-corrected chi connectivity index (χ1v) is 6.90. The highest BCUT2D eigenvalue weighted by Crippen LogP contribution is 2.33. The van der Waals surface area contributed by atoms with Crippen LogP contribution in [0.4, 0.5) is 0 Å². The highest BCUT2D eigenvalue weighted by molar-refractivity contribution is 4.75. The maximum absolute atomic E-state index is 6.10. The Morgan fingerprint density at radius 1 is 0.688 bits per heavy atom. The SMILES string of the molecule is CC(C)OC1(OC(C)C)CCCCCCC1. The summed E-state index contributed by atoms with van der Waals surface area (Å²) < 4.78 is 12.2. The van der Waals surface area contributed by atoms with Gasteiger partial charge in [-0.3, -0.25) is 0 Å². The van der Waals surface area contributed by atoms with Crippen molar-refractivity contribution in [2.24, 2.45) is 0 Å². The van der Waals surface area contributed by atoms with E-state index in [0.29, 0.717) is 0 Å². The van der Waals surface area contributed by atoms with Crippen molar-refractivity contribution in [2.75, 3.05) is 0 Å². The van der Waals surface area contributed by atoms with E-state index in [2.05, 4.69) is 27.7 Å². The van der Waals surface area contributed by atoms with Crippen LogP contribution in [-0.4, -0.2) is 18.0 Å². The van der Waals surface area contributed by atoms with Crippen LogP contribution >= 0.6 is 0 Å². The summed E-state index contributed by atoms with van der Waals surface area (Å²) in [5, 5.41) is 0. The number of hydrogen-bond acceptors (Lipinski definition) is 2.